The van der Waals surface area contributed by atoms with Crippen molar-refractivity contribution in [1.82, 2.24) is 20.0 Å². The van der Waals surface area contributed by atoms with Gasteiger partial charge in [-0.25, -0.2) is 8.42 Å². The Hall–Kier alpha value is -1.52. The van der Waals surface area contributed by atoms with Crippen molar-refractivity contribution < 1.29 is 18.3 Å². The Bertz CT molecular complexity index is 1050. The van der Waals surface area contributed by atoms with Gasteiger partial charge >= 0.3 is 0 Å². The summed E-state index contributed by atoms with van der Waals surface area (Å²) in [4.78, 5) is 20.1. The normalized spacial score (nSPS) is 29.8. The SMILES string of the molecule is CN(C)[C@]1(c2ccccc2)CC[C@]2(CC1)CN(CC(=O)NC1CCS(=O)(=O)CC1)CN2CC1(O)CCC1. The van der Waals surface area contributed by atoms with Crippen LogP contribution >= 0.6 is 0 Å². The largest absolute Gasteiger partial charge is 0.389 e. The predicted molar refractivity (Wildman–Crippen MR) is 145 cm³/mol. The Morgan fingerprint density at radius 2 is 1.70 bits per heavy atom. The Kier molecular flexibility index (Phi) is 7.48. The highest BCUT2D eigenvalue weighted by atomic mass is 32.2. The maximum Gasteiger partial charge on any atom is 0.234 e. The molecule has 2 N–H and O–H groups in total. The molecule has 2 saturated heterocycles. The van der Waals surface area contributed by atoms with Crippen LogP contribution in [0.1, 0.15) is 63.4 Å². The number of carbonyl (C=O) groups excluding carboxylic acids is 1. The summed E-state index contributed by atoms with van der Waals surface area (Å²) in [5.74, 6) is 0.296. The molecule has 5 rings (SSSR count). The lowest BCUT2D eigenvalue weighted by molar-refractivity contribution is -0.123. The standard InChI is InChI=1S/C28H44N4O4S/c1-30(2)28(23-7-4-3-5-8-23)15-13-26(14-16-28)20-31(22-32(26)21-27(34)11-6-12-27)19-25(33)29-24-9-17-37(35,36)18-10-24/h3-5,7-8,24,34H,6,9-22H2,1-2H3,(H,29,33)/t26-,28+. The van der Waals surface area contributed by atoms with Gasteiger partial charge in [-0.05, 0) is 77.4 Å². The lowest BCUT2D eigenvalue weighted by atomic mass is 9.67. The summed E-state index contributed by atoms with van der Waals surface area (Å²) >= 11 is 0. The average molecular weight is 533 g/mol. The number of amides is 1. The van der Waals surface area contributed by atoms with Gasteiger partial charge in [0.2, 0.25) is 5.91 Å². The first-order valence-corrected chi connectivity index (χ1v) is 15.8. The van der Waals surface area contributed by atoms with Gasteiger partial charge in [-0.1, -0.05) is 30.3 Å². The predicted octanol–water partition coefficient (Wildman–Crippen LogP) is 1.94. The smallest absolute Gasteiger partial charge is 0.234 e. The highest BCUT2D eigenvalue weighted by molar-refractivity contribution is 7.91. The number of hydrogen-bond donors (Lipinski definition) is 2. The van der Waals surface area contributed by atoms with E-state index in [-0.39, 0.29) is 34.5 Å². The molecular weight excluding hydrogens is 488 g/mol. The fraction of sp³-hybridized carbons (Fsp3) is 0.750. The number of carbonyl (C=O) groups is 1. The summed E-state index contributed by atoms with van der Waals surface area (Å²) in [6.07, 6.45) is 7.92. The van der Waals surface area contributed by atoms with E-state index in [9.17, 15) is 18.3 Å². The number of sulfone groups is 1. The van der Waals surface area contributed by atoms with Crippen LogP contribution in [-0.4, -0.2) is 103 Å². The molecule has 8 nitrogen and oxygen atoms in total. The zero-order chi connectivity index (χ0) is 26.3. The van der Waals surface area contributed by atoms with Crippen LogP contribution < -0.4 is 5.32 Å². The second-order valence-corrected chi connectivity index (χ2v) is 14.7. The van der Waals surface area contributed by atoms with Gasteiger partial charge < -0.3 is 10.4 Å². The summed E-state index contributed by atoms with van der Waals surface area (Å²) in [5, 5.41) is 14.2. The lowest BCUT2D eigenvalue weighted by Gasteiger charge is -2.53. The summed E-state index contributed by atoms with van der Waals surface area (Å²) in [6, 6.07) is 10.8. The van der Waals surface area contributed by atoms with Gasteiger partial charge in [-0.3, -0.25) is 19.5 Å². The number of hydrogen-bond acceptors (Lipinski definition) is 7. The Labute approximate surface area is 222 Å². The minimum absolute atomic E-state index is 0.00232. The lowest BCUT2D eigenvalue weighted by Crippen LogP contribution is -2.58. The van der Waals surface area contributed by atoms with E-state index < -0.39 is 15.4 Å². The Morgan fingerprint density at radius 1 is 1.05 bits per heavy atom. The van der Waals surface area contributed by atoms with Gasteiger partial charge in [0.05, 0.1) is 30.3 Å². The first kappa shape index (κ1) is 27.1. The summed E-state index contributed by atoms with van der Waals surface area (Å²) in [7, 11) is 1.42. The van der Waals surface area contributed by atoms with Crippen molar-refractivity contribution in [2.24, 2.45) is 0 Å². The first-order chi connectivity index (χ1) is 17.5. The number of rotatable bonds is 7. The van der Waals surface area contributed by atoms with Crippen LogP contribution in [0.4, 0.5) is 0 Å². The van der Waals surface area contributed by atoms with Crippen LogP contribution in [0.3, 0.4) is 0 Å². The van der Waals surface area contributed by atoms with Crippen molar-refractivity contribution >= 4 is 15.7 Å². The number of β-amino-alcohol motifs (C(OH)–C–C–N with tert-alkyl or cyclic N) is 1. The van der Waals surface area contributed by atoms with Crippen LogP contribution in [0.2, 0.25) is 0 Å². The molecule has 37 heavy (non-hydrogen) atoms. The molecule has 2 saturated carbocycles. The Morgan fingerprint density at radius 3 is 2.27 bits per heavy atom. The van der Waals surface area contributed by atoms with E-state index in [0.29, 0.717) is 32.6 Å². The maximum absolute atomic E-state index is 13.0. The second-order valence-electron chi connectivity index (χ2n) is 12.4. The van der Waals surface area contributed by atoms with Crippen molar-refractivity contribution in [3.63, 3.8) is 0 Å². The molecule has 9 heteroatoms. The van der Waals surface area contributed by atoms with E-state index in [2.05, 4.69) is 64.4 Å². The summed E-state index contributed by atoms with van der Waals surface area (Å²) in [6.45, 7) is 2.51. The quantitative estimate of drug-likeness (QED) is 0.554. The van der Waals surface area contributed by atoms with Crippen molar-refractivity contribution in [3.05, 3.63) is 35.9 Å². The molecule has 1 amide bonds. The molecule has 0 aromatic heterocycles. The van der Waals surface area contributed by atoms with Crippen LogP contribution in [0.5, 0.6) is 0 Å². The minimum Gasteiger partial charge on any atom is -0.389 e. The van der Waals surface area contributed by atoms with Gasteiger partial charge in [0.15, 0.2) is 0 Å². The van der Waals surface area contributed by atoms with E-state index in [0.717, 1.165) is 51.5 Å². The van der Waals surface area contributed by atoms with Crippen LogP contribution in [0.15, 0.2) is 30.3 Å². The molecule has 0 bridgehead atoms. The zero-order valence-corrected chi connectivity index (χ0v) is 23.3. The van der Waals surface area contributed by atoms with Crippen LogP contribution in [0, 0.1) is 0 Å². The molecule has 0 unspecified atom stereocenters. The highest BCUT2D eigenvalue weighted by Gasteiger charge is 2.53. The molecule has 2 aliphatic heterocycles. The van der Waals surface area contributed by atoms with Gasteiger partial charge in [-0.2, -0.15) is 0 Å². The van der Waals surface area contributed by atoms with Gasteiger partial charge in [0.25, 0.3) is 0 Å². The maximum atomic E-state index is 13.0. The highest BCUT2D eigenvalue weighted by Crippen LogP contribution is 2.49. The van der Waals surface area contributed by atoms with Gasteiger partial charge in [0.1, 0.15) is 9.84 Å². The molecule has 1 aromatic carbocycles. The van der Waals surface area contributed by atoms with Crippen molar-refractivity contribution in [1.29, 1.82) is 0 Å². The molecule has 2 aliphatic carbocycles. The fourth-order valence-corrected chi connectivity index (χ4v) is 8.73. The van der Waals surface area contributed by atoms with E-state index in [1.807, 2.05) is 0 Å². The van der Waals surface area contributed by atoms with E-state index >= 15 is 0 Å². The van der Waals surface area contributed by atoms with Gasteiger partial charge in [-0.15, -0.1) is 0 Å². The summed E-state index contributed by atoms with van der Waals surface area (Å²) in [5.41, 5.74) is 0.716. The first-order valence-electron chi connectivity index (χ1n) is 14.0. The molecule has 1 aromatic rings. The third-order valence-corrected chi connectivity index (χ3v) is 11.5. The van der Waals surface area contributed by atoms with E-state index in [1.54, 1.807) is 0 Å². The van der Waals surface area contributed by atoms with Crippen molar-refractivity contribution in [2.75, 3.05) is 51.9 Å². The molecule has 4 fully saturated rings. The number of benzene rings is 1. The molecular formula is C28H44N4O4S. The van der Waals surface area contributed by atoms with E-state index in [1.165, 1.54) is 5.56 Å². The minimum atomic E-state index is -2.95. The molecule has 206 valence electrons. The third-order valence-electron chi connectivity index (χ3n) is 9.79. The van der Waals surface area contributed by atoms with Gasteiger partial charge in [0, 0.05) is 30.2 Å². The number of nitrogens with one attached hydrogen (secondary N) is 1. The molecule has 1 spiro atoms. The van der Waals surface area contributed by atoms with Crippen LogP contribution in [-0.2, 0) is 20.2 Å². The fourth-order valence-electron chi connectivity index (χ4n) is 7.24. The molecule has 4 aliphatic rings. The number of aliphatic hydroxyl groups is 1. The van der Waals surface area contributed by atoms with Crippen molar-refractivity contribution in [3.8, 4) is 0 Å². The topological polar surface area (TPSA) is 93.2 Å². The zero-order valence-electron chi connectivity index (χ0n) is 22.5. The second kappa shape index (κ2) is 10.2. The monoisotopic (exact) mass is 532 g/mol. The van der Waals surface area contributed by atoms with E-state index in [4.69, 9.17) is 0 Å². The van der Waals surface area contributed by atoms with Crippen molar-refractivity contribution in [2.45, 2.75) is 80.5 Å². The number of nitrogens with zero attached hydrogens (tertiary/aromatic N) is 3. The molecule has 0 atom stereocenters. The summed E-state index contributed by atoms with van der Waals surface area (Å²) < 4.78 is 23.5. The molecule has 2 heterocycles. The average Bonchev–Trinajstić information content (AvgIpc) is 3.16. The molecule has 0 radical (unpaired) electrons. The van der Waals surface area contributed by atoms with Crippen LogP contribution in [0.25, 0.3) is 0 Å². The Balaban J connectivity index is 1.27. The third kappa shape index (κ3) is 5.62.